The zero-order valence-corrected chi connectivity index (χ0v) is 12.9. The summed E-state index contributed by atoms with van der Waals surface area (Å²) in [5.41, 5.74) is 3.20. The highest BCUT2D eigenvalue weighted by Gasteiger charge is 2.18. The Morgan fingerprint density at radius 2 is 2.05 bits per heavy atom. The molecule has 1 amide bonds. The Bertz CT molecular complexity index is 488. The molecule has 1 rings (SSSR count). The van der Waals surface area contributed by atoms with Gasteiger partial charge in [0.15, 0.2) is 0 Å². The Morgan fingerprint density at radius 3 is 2.55 bits per heavy atom. The molecule has 0 radical (unpaired) electrons. The summed E-state index contributed by atoms with van der Waals surface area (Å²) in [6, 6.07) is 3.05. The number of carboxylic acids is 1. The van der Waals surface area contributed by atoms with Crippen molar-refractivity contribution >= 4 is 11.9 Å². The van der Waals surface area contributed by atoms with E-state index in [1.165, 1.54) is 0 Å². The van der Waals surface area contributed by atoms with E-state index in [-0.39, 0.29) is 6.42 Å². The Kier molecular flexibility index (Phi) is 7.48. The molecule has 1 atom stereocenters. The van der Waals surface area contributed by atoms with E-state index in [1.54, 1.807) is 17.7 Å². The zero-order chi connectivity index (χ0) is 16.5. The molecule has 0 unspecified atom stereocenters. The van der Waals surface area contributed by atoms with Crippen LogP contribution in [0, 0.1) is 5.92 Å². The zero-order valence-electron chi connectivity index (χ0n) is 12.9. The van der Waals surface area contributed by atoms with Crippen molar-refractivity contribution in [2.24, 2.45) is 5.92 Å². The molecule has 0 saturated heterocycles. The molecule has 1 aromatic heterocycles. The largest absolute Gasteiger partial charge is 0.480 e. The van der Waals surface area contributed by atoms with E-state index in [4.69, 9.17) is 10.3 Å². The van der Waals surface area contributed by atoms with Crippen molar-refractivity contribution in [3.63, 3.8) is 0 Å². The van der Waals surface area contributed by atoms with E-state index in [9.17, 15) is 9.59 Å². The van der Waals surface area contributed by atoms with Crippen LogP contribution < -0.4 is 10.8 Å². The minimum atomic E-state index is -0.861. The van der Waals surface area contributed by atoms with Gasteiger partial charge in [-0.15, -0.1) is 0 Å². The maximum atomic E-state index is 11.1. The Morgan fingerprint density at radius 1 is 1.32 bits per heavy atom. The summed E-state index contributed by atoms with van der Waals surface area (Å²) in [6.07, 6.45) is 2.88. The first-order valence-corrected chi connectivity index (χ1v) is 7.25. The standard InChI is InChI=1S/C15H23N3O4/c1-10(2)7-13(15(20)21)17-9-12-5-3-11(8-16-12)4-6-14(19)18-22/h3,5,8,10,13,17,22H,4,6-7,9H2,1-2H3,(H,18,19)(H,20,21)/t13-/m1/s1. The van der Waals surface area contributed by atoms with Crippen LogP contribution in [0.25, 0.3) is 0 Å². The van der Waals surface area contributed by atoms with Crippen molar-refractivity contribution in [1.29, 1.82) is 0 Å². The van der Waals surface area contributed by atoms with Crippen LogP contribution in [0.1, 0.15) is 37.9 Å². The van der Waals surface area contributed by atoms with Crippen LogP contribution in [0.5, 0.6) is 0 Å². The first kappa shape index (κ1) is 18.1. The molecule has 0 fully saturated rings. The number of rotatable bonds is 9. The topological polar surface area (TPSA) is 112 Å². The van der Waals surface area contributed by atoms with E-state index < -0.39 is 17.9 Å². The first-order valence-electron chi connectivity index (χ1n) is 7.25. The fourth-order valence-corrected chi connectivity index (χ4v) is 1.99. The summed E-state index contributed by atoms with van der Waals surface area (Å²) >= 11 is 0. The summed E-state index contributed by atoms with van der Waals surface area (Å²) in [5.74, 6) is -1.01. The lowest BCUT2D eigenvalue weighted by Crippen LogP contribution is -2.37. The highest BCUT2D eigenvalue weighted by molar-refractivity contribution is 5.74. The van der Waals surface area contributed by atoms with Gasteiger partial charge in [-0.3, -0.25) is 25.1 Å². The molecule has 0 saturated carbocycles. The molecule has 7 heteroatoms. The van der Waals surface area contributed by atoms with Crippen LogP contribution in [0.3, 0.4) is 0 Å². The molecule has 1 aromatic rings. The SMILES string of the molecule is CC(C)C[C@@H](NCc1ccc(CCC(=O)NO)cn1)C(=O)O. The predicted octanol–water partition coefficient (Wildman–Crippen LogP) is 1.11. The maximum absolute atomic E-state index is 11.1. The number of pyridine rings is 1. The second kappa shape index (κ2) is 9.11. The number of carbonyl (C=O) groups excluding carboxylic acids is 1. The second-order valence-corrected chi connectivity index (χ2v) is 5.59. The van der Waals surface area contributed by atoms with Gasteiger partial charge in [0.05, 0.1) is 5.69 Å². The number of carboxylic acid groups (broad SMARTS) is 1. The number of amides is 1. The van der Waals surface area contributed by atoms with Gasteiger partial charge in [-0.2, -0.15) is 0 Å². The summed E-state index contributed by atoms with van der Waals surface area (Å²) in [7, 11) is 0. The van der Waals surface area contributed by atoms with Gasteiger partial charge in [0.25, 0.3) is 0 Å². The molecule has 122 valence electrons. The fourth-order valence-electron chi connectivity index (χ4n) is 1.99. The van der Waals surface area contributed by atoms with E-state index in [1.807, 2.05) is 19.9 Å². The summed E-state index contributed by atoms with van der Waals surface area (Å²) in [6.45, 7) is 4.33. The van der Waals surface area contributed by atoms with Gasteiger partial charge in [0, 0.05) is 19.2 Å². The third kappa shape index (κ3) is 6.64. The van der Waals surface area contributed by atoms with Crippen LogP contribution in [-0.4, -0.2) is 33.2 Å². The molecular formula is C15H23N3O4. The van der Waals surface area contributed by atoms with E-state index >= 15 is 0 Å². The first-order chi connectivity index (χ1) is 10.4. The normalized spacial score (nSPS) is 12.2. The predicted molar refractivity (Wildman–Crippen MR) is 80.2 cm³/mol. The minimum absolute atomic E-state index is 0.186. The maximum Gasteiger partial charge on any atom is 0.320 e. The molecule has 7 nitrogen and oxygen atoms in total. The monoisotopic (exact) mass is 309 g/mol. The molecule has 22 heavy (non-hydrogen) atoms. The molecule has 0 bridgehead atoms. The van der Waals surface area contributed by atoms with Gasteiger partial charge in [-0.25, -0.2) is 5.48 Å². The van der Waals surface area contributed by atoms with Crippen LogP contribution in [-0.2, 0) is 22.6 Å². The van der Waals surface area contributed by atoms with Crippen molar-refractivity contribution in [2.45, 2.75) is 45.7 Å². The third-order valence-electron chi connectivity index (χ3n) is 3.19. The summed E-state index contributed by atoms with van der Waals surface area (Å²) in [4.78, 5) is 26.3. The average molecular weight is 309 g/mol. The van der Waals surface area contributed by atoms with Gasteiger partial charge in [-0.1, -0.05) is 19.9 Å². The molecule has 1 heterocycles. The second-order valence-electron chi connectivity index (χ2n) is 5.59. The van der Waals surface area contributed by atoms with Gasteiger partial charge in [0.2, 0.25) is 5.91 Å². The van der Waals surface area contributed by atoms with E-state index in [0.29, 0.717) is 25.3 Å². The van der Waals surface area contributed by atoms with Crippen LogP contribution in [0.4, 0.5) is 0 Å². The molecular weight excluding hydrogens is 286 g/mol. The highest BCUT2D eigenvalue weighted by Crippen LogP contribution is 2.07. The van der Waals surface area contributed by atoms with Gasteiger partial charge < -0.3 is 5.11 Å². The molecule has 0 spiro atoms. The molecule has 0 aromatic carbocycles. The van der Waals surface area contributed by atoms with Crippen LogP contribution >= 0.6 is 0 Å². The van der Waals surface area contributed by atoms with Crippen molar-refractivity contribution in [3.05, 3.63) is 29.6 Å². The lowest BCUT2D eigenvalue weighted by atomic mass is 10.0. The number of hydroxylamine groups is 1. The lowest BCUT2D eigenvalue weighted by molar-refractivity contribution is -0.140. The van der Waals surface area contributed by atoms with Gasteiger partial charge >= 0.3 is 5.97 Å². The number of nitrogens with zero attached hydrogens (tertiary/aromatic N) is 1. The van der Waals surface area contributed by atoms with Gasteiger partial charge in [-0.05, 0) is 30.4 Å². The Balaban J connectivity index is 2.49. The van der Waals surface area contributed by atoms with Crippen molar-refractivity contribution in [2.75, 3.05) is 0 Å². The number of hydrogen-bond acceptors (Lipinski definition) is 5. The van der Waals surface area contributed by atoms with E-state index in [0.717, 1.165) is 11.3 Å². The summed E-state index contributed by atoms with van der Waals surface area (Å²) < 4.78 is 0. The average Bonchev–Trinajstić information content (AvgIpc) is 2.49. The Hall–Kier alpha value is -1.99. The Labute approximate surface area is 129 Å². The van der Waals surface area contributed by atoms with Crippen molar-refractivity contribution < 1.29 is 19.9 Å². The number of nitrogens with one attached hydrogen (secondary N) is 2. The number of hydrogen-bond donors (Lipinski definition) is 4. The number of carbonyl (C=O) groups is 2. The number of aryl methyl sites for hydroxylation is 1. The molecule has 0 aliphatic carbocycles. The quantitative estimate of drug-likeness (QED) is 0.401. The van der Waals surface area contributed by atoms with Crippen LogP contribution in [0.15, 0.2) is 18.3 Å². The molecule has 0 aliphatic rings. The highest BCUT2D eigenvalue weighted by atomic mass is 16.5. The molecule has 4 N–H and O–H groups in total. The molecule has 0 aliphatic heterocycles. The lowest BCUT2D eigenvalue weighted by Gasteiger charge is -2.16. The fraction of sp³-hybridized carbons (Fsp3) is 0.533. The van der Waals surface area contributed by atoms with Crippen LogP contribution in [0.2, 0.25) is 0 Å². The minimum Gasteiger partial charge on any atom is -0.480 e. The smallest absolute Gasteiger partial charge is 0.320 e. The summed E-state index contributed by atoms with van der Waals surface area (Å²) in [5, 5.41) is 20.5. The third-order valence-corrected chi connectivity index (χ3v) is 3.19. The van der Waals surface area contributed by atoms with Crippen molar-refractivity contribution in [1.82, 2.24) is 15.8 Å². The van der Waals surface area contributed by atoms with E-state index in [2.05, 4.69) is 10.3 Å². The number of aromatic nitrogens is 1. The van der Waals surface area contributed by atoms with Crippen molar-refractivity contribution in [3.8, 4) is 0 Å². The van der Waals surface area contributed by atoms with Gasteiger partial charge in [0.1, 0.15) is 6.04 Å². The number of aliphatic carboxylic acids is 1.